The van der Waals surface area contributed by atoms with E-state index in [2.05, 4.69) is 65.3 Å². The molecule has 0 aliphatic rings. The van der Waals surface area contributed by atoms with Crippen LogP contribution in [0.5, 0.6) is 0 Å². The summed E-state index contributed by atoms with van der Waals surface area (Å²) in [6, 6.07) is 2.25. The van der Waals surface area contributed by atoms with Gasteiger partial charge >= 0.3 is 4.36 Å². The van der Waals surface area contributed by atoms with Crippen LogP contribution in [0.25, 0.3) is 0 Å². The molecule has 0 aromatic heterocycles. The van der Waals surface area contributed by atoms with Crippen LogP contribution in [0.2, 0.25) is 0 Å². The van der Waals surface area contributed by atoms with Crippen molar-refractivity contribution >= 4 is 41.3 Å². The van der Waals surface area contributed by atoms with Gasteiger partial charge in [0.05, 0.1) is 0 Å². The van der Waals surface area contributed by atoms with Crippen molar-refractivity contribution in [2.75, 3.05) is 0 Å². The van der Waals surface area contributed by atoms with Gasteiger partial charge in [-0.3, -0.25) is 0 Å². The van der Waals surface area contributed by atoms with E-state index in [1.165, 1.54) is 27.7 Å². The smallest absolute Gasteiger partial charge is 0.132 e. The van der Waals surface area contributed by atoms with Gasteiger partial charge in [-0.2, -0.15) is 0 Å². The van der Waals surface area contributed by atoms with E-state index in [-0.39, 0.29) is 4.36 Å². The predicted octanol–water partition coefficient (Wildman–Crippen LogP) is 3.41. The zero-order valence-electron chi connectivity index (χ0n) is 8.41. The van der Waals surface area contributed by atoms with E-state index in [0.29, 0.717) is 0 Å². The minimum absolute atomic E-state index is 0.263. The Kier molecular flexibility index (Phi) is 3.64. The van der Waals surface area contributed by atoms with Crippen molar-refractivity contribution in [1.82, 2.24) is 0 Å². The van der Waals surface area contributed by atoms with Crippen LogP contribution in [-0.2, 0) is 0 Å². The van der Waals surface area contributed by atoms with Gasteiger partial charge in [-0.25, -0.2) is 0 Å². The van der Waals surface area contributed by atoms with Crippen LogP contribution >= 0.6 is 31.5 Å². The van der Waals surface area contributed by atoms with Crippen LogP contribution < -0.4 is 5.46 Å². The Bertz CT molecular complexity index is 306. The maximum Gasteiger partial charge on any atom is 0.330 e. The predicted molar refractivity (Wildman–Crippen MR) is 68.6 cm³/mol. The maximum absolute atomic E-state index is 3.57. The van der Waals surface area contributed by atoms with Gasteiger partial charge in [0.2, 0.25) is 0 Å². The van der Waals surface area contributed by atoms with Gasteiger partial charge in [0.1, 0.15) is 0 Å². The molecular formula is C10H13BBr2. The Morgan fingerprint density at radius 3 is 1.62 bits per heavy atom. The van der Waals surface area contributed by atoms with Gasteiger partial charge in [-0.1, -0.05) is 17.2 Å². The van der Waals surface area contributed by atoms with Crippen LogP contribution in [0.3, 0.4) is 0 Å². The van der Waals surface area contributed by atoms with E-state index in [1.807, 2.05) is 0 Å². The van der Waals surface area contributed by atoms with Crippen molar-refractivity contribution in [3.8, 4) is 0 Å². The summed E-state index contributed by atoms with van der Waals surface area (Å²) in [5.41, 5.74) is 6.85. The third-order valence-corrected chi connectivity index (χ3v) is 3.56. The molecule has 0 fully saturated rings. The van der Waals surface area contributed by atoms with Crippen molar-refractivity contribution in [1.29, 1.82) is 0 Å². The lowest BCUT2D eigenvalue weighted by Gasteiger charge is -2.14. The molecule has 0 amide bonds. The highest BCUT2D eigenvalue weighted by atomic mass is 79.9. The first kappa shape index (κ1) is 11.3. The Morgan fingerprint density at radius 1 is 0.923 bits per heavy atom. The van der Waals surface area contributed by atoms with Gasteiger partial charge in [-0.15, -0.1) is 31.5 Å². The molecule has 0 heterocycles. The highest BCUT2D eigenvalue weighted by Crippen LogP contribution is 2.17. The summed E-state index contributed by atoms with van der Waals surface area (Å²) in [6.45, 7) is 8.67. The Morgan fingerprint density at radius 2 is 1.31 bits per heavy atom. The third kappa shape index (κ3) is 2.19. The summed E-state index contributed by atoms with van der Waals surface area (Å²) < 4.78 is 0.263. The molecule has 0 atom stereocenters. The van der Waals surface area contributed by atoms with Crippen LogP contribution in [0.1, 0.15) is 22.3 Å². The Hall–Kier alpha value is 0.245. The lowest BCUT2D eigenvalue weighted by Crippen LogP contribution is -2.25. The molecule has 1 aromatic carbocycles. The second kappa shape index (κ2) is 4.18. The Labute approximate surface area is 97.1 Å². The number of halogens is 2. The number of aryl methyl sites for hydroxylation is 2. The van der Waals surface area contributed by atoms with Crippen molar-refractivity contribution < 1.29 is 0 Å². The Balaban J connectivity index is 3.46. The van der Waals surface area contributed by atoms with Crippen molar-refractivity contribution in [2.24, 2.45) is 0 Å². The van der Waals surface area contributed by atoms with Crippen molar-refractivity contribution in [3.05, 3.63) is 28.3 Å². The van der Waals surface area contributed by atoms with Gasteiger partial charge in [-0.05, 0) is 44.3 Å². The number of benzene rings is 1. The van der Waals surface area contributed by atoms with Crippen LogP contribution in [0, 0.1) is 27.7 Å². The number of hydrogen-bond donors (Lipinski definition) is 0. The first-order valence-corrected chi connectivity index (χ1v) is 6.13. The standard InChI is InChI=1S/C10H13BBr2/c1-6-5-7(2)9(4)10(8(6)3)11(12)13/h5H,1-4H3. The molecule has 0 spiro atoms. The molecule has 0 bridgehead atoms. The minimum Gasteiger partial charge on any atom is -0.132 e. The molecule has 0 aliphatic heterocycles. The fourth-order valence-corrected chi connectivity index (χ4v) is 2.95. The molecule has 0 saturated carbocycles. The van der Waals surface area contributed by atoms with Crippen LogP contribution in [-0.4, -0.2) is 4.36 Å². The molecule has 13 heavy (non-hydrogen) atoms. The van der Waals surface area contributed by atoms with E-state index in [0.717, 1.165) is 0 Å². The molecule has 0 unspecified atom stereocenters. The minimum atomic E-state index is 0.263. The highest BCUT2D eigenvalue weighted by molar-refractivity contribution is 9.49. The van der Waals surface area contributed by atoms with Gasteiger partial charge < -0.3 is 0 Å². The van der Waals surface area contributed by atoms with Gasteiger partial charge in [0, 0.05) is 0 Å². The maximum atomic E-state index is 3.57. The molecule has 0 saturated heterocycles. The molecule has 0 radical (unpaired) electrons. The summed E-state index contributed by atoms with van der Waals surface area (Å²) in [6.07, 6.45) is 0. The molecule has 0 aliphatic carbocycles. The van der Waals surface area contributed by atoms with Crippen LogP contribution in [0.4, 0.5) is 0 Å². The van der Waals surface area contributed by atoms with Gasteiger partial charge in [0.15, 0.2) is 0 Å². The lowest BCUT2D eigenvalue weighted by molar-refractivity contribution is 1.27. The largest absolute Gasteiger partial charge is 0.330 e. The topological polar surface area (TPSA) is 0 Å². The zero-order chi connectivity index (χ0) is 10.2. The van der Waals surface area contributed by atoms with Crippen molar-refractivity contribution in [2.45, 2.75) is 27.7 Å². The molecule has 70 valence electrons. The first-order valence-electron chi connectivity index (χ1n) is 4.30. The number of rotatable bonds is 1. The normalized spacial score (nSPS) is 10.3. The average Bonchev–Trinajstić information content (AvgIpc) is 2.01. The molecular weight excluding hydrogens is 291 g/mol. The fourth-order valence-electron chi connectivity index (χ4n) is 1.57. The van der Waals surface area contributed by atoms with E-state index < -0.39 is 0 Å². The van der Waals surface area contributed by atoms with Crippen LogP contribution in [0.15, 0.2) is 6.07 Å². The van der Waals surface area contributed by atoms with E-state index in [4.69, 9.17) is 0 Å². The molecule has 3 heteroatoms. The SMILES string of the molecule is Cc1cc(C)c(C)c(B(Br)Br)c1C. The summed E-state index contributed by atoms with van der Waals surface area (Å²) >= 11 is 7.14. The first-order chi connectivity index (χ1) is 5.95. The van der Waals surface area contributed by atoms with E-state index in [1.54, 1.807) is 0 Å². The lowest BCUT2D eigenvalue weighted by atomic mass is 9.82. The monoisotopic (exact) mass is 302 g/mol. The molecule has 1 aromatic rings. The fraction of sp³-hybridized carbons (Fsp3) is 0.400. The summed E-state index contributed by atoms with van der Waals surface area (Å²) in [4.78, 5) is 0. The molecule has 1 rings (SSSR count). The van der Waals surface area contributed by atoms with Crippen molar-refractivity contribution in [3.63, 3.8) is 0 Å². The summed E-state index contributed by atoms with van der Waals surface area (Å²) in [5, 5.41) is 0. The third-order valence-electron chi connectivity index (χ3n) is 2.64. The highest BCUT2D eigenvalue weighted by Gasteiger charge is 2.16. The second-order valence-corrected chi connectivity index (χ2v) is 6.53. The number of hydrogen-bond acceptors (Lipinski definition) is 0. The zero-order valence-corrected chi connectivity index (χ0v) is 11.6. The molecule has 0 N–H and O–H groups in total. The van der Waals surface area contributed by atoms with E-state index >= 15 is 0 Å². The quantitative estimate of drug-likeness (QED) is 0.698. The summed E-state index contributed by atoms with van der Waals surface area (Å²) in [7, 11) is 0. The average molecular weight is 304 g/mol. The molecule has 0 nitrogen and oxygen atoms in total. The van der Waals surface area contributed by atoms with E-state index in [9.17, 15) is 0 Å². The van der Waals surface area contributed by atoms with Gasteiger partial charge in [0.25, 0.3) is 0 Å². The summed E-state index contributed by atoms with van der Waals surface area (Å²) in [5.74, 6) is 0. The second-order valence-electron chi connectivity index (χ2n) is 3.47.